The van der Waals surface area contributed by atoms with E-state index in [-0.39, 0.29) is 23.5 Å². The van der Waals surface area contributed by atoms with Crippen LogP contribution >= 0.6 is 11.3 Å². The highest BCUT2D eigenvalue weighted by atomic mass is 32.2. The minimum atomic E-state index is -3.01. The average molecular weight is 395 g/mol. The Hall–Kier alpha value is -1.47. The fraction of sp³-hybridized carbons (Fsp3) is 0.579. The highest BCUT2D eigenvalue weighted by Gasteiger charge is 2.42. The third-order valence-corrected chi connectivity index (χ3v) is 8.50. The molecule has 5 nitrogen and oxygen atoms in total. The van der Waals surface area contributed by atoms with Gasteiger partial charge in [0.15, 0.2) is 9.84 Å². The Balaban J connectivity index is 1.85. The van der Waals surface area contributed by atoms with Crippen LogP contribution in [0.5, 0.6) is 0 Å². The van der Waals surface area contributed by atoms with Crippen molar-refractivity contribution in [1.29, 1.82) is 0 Å². The topological polar surface area (TPSA) is 67.3 Å². The Bertz CT molecular complexity index is 867. The molecule has 2 heterocycles. The number of hydrogen-bond acceptors (Lipinski definition) is 5. The summed E-state index contributed by atoms with van der Waals surface area (Å²) < 4.78 is 24.7. The molecule has 1 aliphatic heterocycles. The number of thiazole rings is 1. The maximum atomic E-state index is 13.4. The molecule has 0 bridgehead atoms. The summed E-state index contributed by atoms with van der Waals surface area (Å²) in [5.74, 6) is 0.307. The molecule has 1 aliphatic rings. The number of aromatic nitrogens is 1. The highest BCUT2D eigenvalue weighted by Crippen LogP contribution is 2.36. The second-order valence-electron chi connectivity index (χ2n) is 7.21. The van der Waals surface area contributed by atoms with Crippen LogP contribution in [0.1, 0.15) is 38.1 Å². The van der Waals surface area contributed by atoms with Gasteiger partial charge in [-0.1, -0.05) is 26.0 Å². The number of amides is 1. The standard InChI is InChI=1S/C19H26N2O3S2/c1-4-19(5-2,12-17-20-15-8-6-7-9-16(15)25-17)18(22)21(3)14-10-11-26(23,24)13-14/h6-9,14H,4-5,10-13H2,1-3H3. The predicted molar refractivity (Wildman–Crippen MR) is 106 cm³/mol. The molecule has 0 spiro atoms. The van der Waals surface area contributed by atoms with Crippen LogP contribution < -0.4 is 0 Å². The maximum Gasteiger partial charge on any atom is 0.229 e. The van der Waals surface area contributed by atoms with E-state index >= 15 is 0 Å². The van der Waals surface area contributed by atoms with Gasteiger partial charge in [-0.15, -0.1) is 11.3 Å². The molecule has 0 N–H and O–H groups in total. The molecule has 7 heteroatoms. The molecule has 1 aromatic heterocycles. The van der Waals surface area contributed by atoms with Gasteiger partial charge in [-0.2, -0.15) is 0 Å². The van der Waals surface area contributed by atoms with E-state index in [9.17, 15) is 13.2 Å². The largest absolute Gasteiger partial charge is 0.341 e. The molecule has 1 saturated heterocycles. The summed E-state index contributed by atoms with van der Waals surface area (Å²) in [4.78, 5) is 19.7. The zero-order valence-corrected chi connectivity index (χ0v) is 17.2. The summed E-state index contributed by atoms with van der Waals surface area (Å²) >= 11 is 1.64. The van der Waals surface area contributed by atoms with Crippen LogP contribution in [-0.2, 0) is 21.1 Å². The molecule has 0 aliphatic carbocycles. The average Bonchev–Trinajstić information content (AvgIpc) is 3.20. The molecule has 26 heavy (non-hydrogen) atoms. The molecular formula is C19H26N2O3S2. The second kappa shape index (κ2) is 7.27. The lowest BCUT2D eigenvalue weighted by molar-refractivity contribution is -0.143. The van der Waals surface area contributed by atoms with Gasteiger partial charge in [0, 0.05) is 19.5 Å². The smallest absolute Gasteiger partial charge is 0.229 e. The van der Waals surface area contributed by atoms with Gasteiger partial charge in [-0.05, 0) is 31.4 Å². The molecule has 1 unspecified atom stereocenters. The van der Waals surface area contributed by atoms with E-state index in [1.165, 1.54) is 0 Å². The quantitative estimate of drug-likeness (QED) is 0.754. The number of benzene rings is 1. The zero-order chi connectivity index (χ0) is 18.9. The van der Waals surface area contributed by atoms with Crippen LogP contribution in [0.3, 0.4) is 0 Å². The van der Waals surface area contributed by atoms with E-state index in [0.29, 0.717) is 25.7 Å². The van der Waals surface area contributed by atoms with Crippen molar-refractivity contribution in [2.24, 2.45) is 5.41 Å². The molecule has 1 fully saturated rings. The number of fused-ring (bicyclic) bond motifs is 1. The van der Waals surface area contributed by atoms with Crippen LogP contribution in [0.25, 0.3) is 10.2 Å². The van der Waals surface area contributed by atoms with Crippen molar-refractivity contribution in [3.05, 3.63) is 29.3 Å². The van der Waals surface area contributed by atoms with Crippen LogP contribution in [0.4, 0.5) is 0 Å². The van der Waals surface area contributed by atoms with Crippen LogP contribution in [0.15, 0.2) is 24.3 Å². The van der Waals surface area contributed by atoms with Crippen LogP contribution in [0, 0.1) is 5.41 Å². The SMILES string of the molecule is CCC(CC)(Cc1nc2ccccc2s1)C(=O)N(C)C1CCS(=O)(=O)C1. The fourth-order valence-electron chi connectivity index (χ4n) is 3.78. The lowest BCUT2D eigenvalue weighted by Gasteiger charge is -2.36. The fourth-order valence-corrected chi connectivity index (χ4v) is 6.67. The monoisotopic (exact) mass is 394 g/mol. The van der Waals surface area contributed by atoms with E-state index in [4.69, 9.17) is 4.98 Å². The Morgan fingerprint density at radius 2 is 2.00 bits per heavy atom. The maximum absolute atomic E-state index is 13.4. The van der Waals surface area contributed by atoms with Crippen molar-refractivity contribution in [2.45, 2.75) is 45.6 Å². The summed E-state index contributed by atoms with van der Waals surface area (Å²) in [5, 5.41) is 0.968. The van der Waals surface area contributed by atoms with E-state index in [1.54, 1.807) is 23.3 Å². The summed E-state index contributed by atoms with van der Waals surface area (Å²) in [5.41, 5.74) is 0.436. The van der Waals surface area contributed by atoms with Gasteiger partial charge in [-0.25, -0.2) is 13.4 Å². The molecule has 2 aromatic rings. The molecule has 1 atom stereocenters. The Labute approximate surface area is 159 Å². The molecule has 1 amide bonds. The van der Waals surface area contributed by atoms with Gasteiger partial charge in [0.25, 0.3) is 0 Å². The molecule has 3 rings (SSSR count). The van der Waals surface area contributed by atoms with Crippen LogP contribution in [0.2, 0.25) is 0 Å². The third-order valence-electron chi connectivity index (χ3n) is 5.71. The van der Waals surface area contributed by atoms with Crippen molar-refractivity contribution in [1.82, 2.24) is 9.88 Å². The number of carbonyl (C=O) groups excluding carboxylic acids is 1. The van der Waals surface area contributed by atoms with Crippen LogP contribution in [-0.4, -0.2) is 48.8 Å². The number of carbonyl (C=O) groups is 1. The van der Waals surface area contributed by atoms with E-state index < -0.39 is 15.3 Å². The van der Waals surface area contributed by atoms with Crippen molar-refractivity contribution in [3.8, 4) is 0 Å². The first-order valence-corrected chi connectivity index (χ1v) is 11.8. The third kappa shape index (κ3) is 3.64. The van der Waals surface area contributed by atoms with Crippen molar-refractivity contribution in [2.75, 3.05) is 18.6 Å². The molecule has 0 saturated carbocycles. The summed E-state index contributed by atoms with van der Waals surface area (Å²) in [6.45, 7) is 4.07. The Kier molecular flexibility index (Phi) is 5.40. The number of sulfone groups is 1. The van der Waals surface area contributed by atoms with E-state index in [0.717, 1.165) is 15.2 Å². The number of hydrogen-bond donors (Lipinski definition) is 0. The molecule has 1 aromatic carbocycles. The minimum Gasteiger partial charge on any atom is -0.341 e. The minimum absolute atomic E-state index is 0.0452. The van der Waals surface area contributed by atoms with Gasteiger partial charge >= 0.3 is 0 Å². The van der Waals surface area contributed by atoms with Gasteiger partial charge in [0.2, 0.25) is 5.91 Å². The van der Waals surface area contributed by atoms with E-state index in [2.05, 4.69) is 0 Å². The van der Waals surface area contributed by atoms with Crippen molar-refractivity contribution < 1.29 is 13.2 Å². The molecule has 142 valence electrons. The zero-order valence-electron chi connectivity index (χ0n) is 15.6. The number of nitrogens with zero attached hydrogens (tertiary/aromatic N) is 2. The van der Waals surface area contributed by atoms with Gasteiger partial charge in [0.1, 0.15) is 0 Å². The van der Waals surface area contributed by atoms with Gasteiger partial charge < -0.3 is 4.90 Å². The first-order valence-electron chi connectivity index (χ1n) is 9.12. The second-order valence-corrected chi connectivity index (χ2v) is 10.6. The highest BCUT2D eigenvalue weighted by molar-refractivity contribution is 7.91. The number of rotatable bonds is 6. The molecule has 0 radical (unpaired) electrons. The Morgan fingerprint density at radius 1 is 1.31 bits per heavy atom. The van der Waals surface area contributed by atoms with E-state index in [1.807, 2.05) is 38.1 Å². The van der Waals surface area contributed by atoms with Gasteiger partial charge in [-0.3, -0.25) is 4.79 Å². The normalized spacial score (nSPS) is 19.7. The first kappa shape index (κ1) is 19.3. The number of para-hydroxylation sites is 1. The summed E-state index contributed by atoms with van der Waals surface area (Å²) in [7, 11) is -1.26. The predicted octanol–water partition coefficient (Wildman–Crippen LogP) is 3.29. The first-order chi connectivity index (χ1) is 12.3. The lowest BCUT2D eigenvalue weighted by Crippen LogP contribution is -2.47. The van der Waals surface area contributed by atoms with Crippen molar-refractivity contribution in [3.63, 3.8) is 0 Å². The summed E-state index contributed by atoms with van der Waals surface area (Å²) in [6, 6.07) is 7.80. The van der Waals surface area contributed by atoms with Crippen molar-refractivity contribution >= 4 is 37.3 Å². The van der Waals surface area contributed by atoms with Gasteiger partial charge in [0.05, 0.1) is 32.1 Å². The summed E-state index contributed by atoms with van der Waals surface area (Å²) in [6.07, 6.45) is 2.56. The Morgan fingerprint density at radius 3 is 2.58 bits per heavy atom. The molecular weight excluding hydrogens is 368 g/mol. The lowest BCUT2D eigenvalue weighted by atomic mass is 9.77.